The lowest BCUT2D eigenvalue weighted by Crippen LogP contribution is -2.01. The molecule has 2 aromatic carbocycles. The molecule has 0 saturated carbocycles. The van der Waals surface area contributed by atoms with Crippen LogP contribution in [0.15, 0.2) is 48.5 Å². The second-order valence-corrected chi connectivity index (χ2v) is 10.5. The van der Waals surface area contributed by atoms with E-state index in [1.54, 1.807) is 0 Å². The molecule has 0 fully saturated rings. The largest absolute Gasteiger partial charge is 0.493 e. The lowest BCUT2D eigenvalue weighted by Gasteiger charge is -2.15. The van der Waals surface area contributed by atoms with E-state index in [9.17, 15) is 0 Å². The van der Waals surface area contributed by atoms with E-state index in [2.05, 4.69) is 36.4 Å². The van der Waals surface area contributed by atoms with Crippen molar-refractivity contribution in [1.82, 2.24) is 0 Å². The van der Waals surface area contributed by atoms with Gasteiger partial charge >= 0.3 is 0 Å². The maximum absolute atomic E-state index is 8.84. The van der Waals surface area contributed by atoms with E-state index >= 15 is 0 Å². The highest BCUT2D eigenvalue weighted by molar-refractivity contribution is 5.75. The molecule has 2 rings (SSSR count). The highest BCUT2D eigenvalue weighted by atomic mass is 16.5. The molecule has 0 spiro atoms. The summed E-state index contributed by atoms with van der Waals surface area (Å²) < 4.78 is 12.5. The van der Waals surface area contributed by atoms with Gasteiger partial charge in [0, 0.05) is 24.3 Å². The van der Waals surface area contributed by atoms with Crippen molar-refractivity contribution in [3.63, 3.8) is 0 Å². The lowest BCUT2D eigenvalue weighted by atomic mass is 10.0. The molecule has 0 saturated heterocycles. The van der Waals surface area contributed by atoms with Crippen LogP contribution in [0.3, 0.4) is 0 Å². The number of rotatable bonds is 25. The average molecular weight is 527 g/mol. The van der Waals surface area contributed by atoms with Gasteiger partial charge in [0.15, 0.2) is 0 Å². The summed E-state index contributed by atoms with van der Waals surface area (Å²) in [6, 6.07) is 16.7. The molecular formula is C34H54O4. The van der Waals surface area contributed by atoms with E-state index in [0.717, 1.165) is 74.4 Å². The molecular weight excluding hydrogens is 472 g/mol. The van der Waals surface area contributed by atoms with Crippen molar-refractivity contribution in [1.29, 1.82) is 0 Å². The molecule has 38 heavy (non-hydrogen) atoms. The van der Waals surface area contributed by atoms with Gasteiger partial charge in [-0.25, -0.2) is 0 Å². The maximum atomic E-state index is 8.84. The van der Waals surface area contributed by atoms with Crippen LogP contribution < -0.4 is 9.47 Å². The van der Waals surface area contributed by atoms with E-state index in [4.69, 9.17) is 19.7 Å². The van der Waals surface area contributed by atoms with E-state index in [1.165, 1.54) is 77.0 Å². The van der Waals surface area contributed by atoms with Gasteiger partial charge in [-0.3, -0.25) is 0 Å². The lowest BCUT2D eigenvalue weighted by molar-refractivity contribution is 0.282. The molecule has 0 heterocycles. The van der Waals surface area contributed by atoms with Crippen molar-refractivity contribution in [3.8, 4) is 22.6 Å². The van der Waals surface area contributed by atoms with Gasteiger partial charge in [0.25, 0.3) is 0 Å². The summed E-state index contributed by atoms with van der Waals surface area (Å²) in [5, 5.41) is 17.7. The van der Waals surface area contributed by atoms with Crippen LogP contribution in [0.5, 0.6) is 11.5 Å². The number of hydrogen-bond acceptors (Lipinski definition) is 4. The summed E-state index contributed by atoms with van der Waals surface area (Å²) in [5.41, 5.74) is 2.21. The first-order valence-electron chi connectivity index (χ1n) is 15.5. The van der Waals surface area contributed by atoms with Crippen molar-refractivity contribution >= 4 is 0 Å². The Morgan fingerprint density at radius 1 is 0.368 bits per heavy atom. The van der Waals surface area contributed by atoms with Gasteiger partial charge in [0.05, 0.1) is 13.2 Å². The highest BCUT2D eigenvalue weighted by Gasteiger charge is 2.11. The van der Waals surface area contributed by atoms with Crippen molar-refractivity contribution in [2.24, 2.45) is 0 Å². The number of hydrogen-bond donors (Lipinski definition) is 2. The van der Waals surface area contributed by atoms with Gasteiger partial charge < -0.3 is 19.7 Å². The molecule has 0 aliphatic heterocycles. The van der Waals surface area contributed by atoms with E-state index < -0.39 is 0 Å². The Morgan fingerprint density at radius 3 is 1.00 bits per heavy atom. The molecule has 0 unspecified atom stereocenters. The molecule has 4 nitrogen and oxygen atoms in total. The fourth-order valence-corrected chi connectivity index (χ4v) is 4.90. The number of aliphatic hydroxyl groups is 2. The van der Waals surface area contributed by atoms with Crippen molar-refractivity contribution in [2.75, 3.05) is 26.4 Å². The van der Waals surface area contributed by atoms with Crippen LogP contribution in [0.1, 0.15) is 116 Å². The Bertz CT molecular complexity index is 739. The SMILES string of the molecule is OCCCCCCCCCCCOc1ccccc1-c1ccccc1OCCCCCCCCCCCO. The molecule has 2 N–H and O–H groups in total. The van der Waals surface area contributed by atoms with Crippen LogP contribution in [0.25, 0.3) is 11.1 Å². The topological polar surface area (TPSA) is 58.9 Å². The highest BCUT2D eigenvalue weighted by Crippen LogP contribution is 2.36. The number of aliphatic hydroxyl groups excluding tert-OH is 2. The van der Waals surface area contributed by atoms with Crippen LogP contribution in [0.2, 0.25) is 0 Å². The first-order valence-corrected chi connectivity index (χ1v) is 15.5. The van der Waals surface area contributed by atoms with Gasteiger partial charge in [-0.15, -0.1) is 0 Å². The van der Waals surface area contributed by atoms with Crippen LogP contribution in [0, 0.1) is 0 Å². The van der Waals surface area contributed by atoms with E-state index in [-0.39, 0.29) is 0 Å². The standard InChI is InChI=1S/C34H54O4/c35-27-19-11-7-3-1-5-9-13-21-29-37-33-25-17-15-23-31(33)32-24-16-18-26-34(32)38-30-22-14-10-6-2-4-8-12-20-28-36/h15-18,23-26,35-36H,1-14,19-22,27-30H2. The van der Waals surface area contributed by atoms with Gasteiger partial charge in [-0.05, 0) is 37.8 Å². The van der Waals surface area contributed by atoms with Crippen LogP contribution >= 0.6 is 0 Å². The van der Waals surface area contributed by atoms with Gasteiger partial charge in [-0.2, -0.15) is 0 Å². The molecule has 0 aromatic heterocycles. The predicted molar refractivity (Wildman–Crippen MR) is 160 cm³/mol. The Hall–Kier alpha value is -2.04. The molecule has 0 atom stereocenters. The third-order valence-electron chi connectivity index (χ3n) is 7.18. The summed E-state index contributed by atoms with van der Waals surface area (Å²) in [4.78, 5) is 0. The molecule has 214 valence electrons. The Kier molecular flexibility index (Phi) is 19.4. The second kappa shape index (κ2) is 22.9. The minimum atomic E-state index is 0.330. The summed E-state index contributed by atoms with van der Waals surface area (Å²) >= 11 is 0. The summed E-state index contributed by atoms with van der Waals surface area (Å²) in [5.74, 6) is 1.87. The smallest absolute Gasteiger partial charge is 0.127 e. The zero-order valence-electron chi connectivity index (χ0n) is 23.9. The number of para-hydroxylation sites is 2. The van der Waals surface area contributed by atoms with Crippen molar-refractivity contribution < 1.29 is 19.7 Å². The number of benzene rings is 2. The third kappa shape index (κ3) is 14.8. The fraction of sp³-hybridized carbons (Fsp3) is 0.647. The van der Waals surface area contributed by atoms with E-state index in [1.807, 2.05) is 12.1 Å². The third-order valence-corrected chi connectivity index (χ3v) is 7.18. The monoisotopic (exact) mass is 526 g/mol. The maximum Gasteiger partial charge on any atom is 0.127 e. The van der Waals surface area contributed by atoms with Crippen molar-refractivity contribution in [2.45, 2.75) is 116 Å². The molecule has 2 aromatic rings. The molecule has 0 bridgehead atoms. The second-order valence-electron chi connectivity index (χ2n) is 10.5. The number of unbranched alkanes of at least 4 members (excludes halogenated alkanes) is 16. The minimum absolute atomic E-state index is 0.330. The minimum Gasteiger partial charge on any atom is -0.493 e. The number of ether oxygens (including phenoxy) is 2. The van der Waals surface area contributed by atoms with E-state index in [0.29, 0.717) is 13.2 Å². The van der Waals surface area contributed by atoms with Gasteiger partial charge in [0.1, 0.15) is 11.5 Å². The zero-order chi connectivity index (χ0) is 26.9. The summed E-state index contributed by atoms with van der Waals surface area (Å²) in [6.07, 6.45) is 21.6. The van der Waals surface area contributed by atoms with Crippen LogP contribution in [-0.4, -0.2) is 36.6 Å². The zero-order valence-corrected chi connectivity index (χ0v) is 23.9. The average Bonchev–Trinajstić information content (AvgIpc) is 2.95. The van der Waals surface area contributed by atoms with Gasteiger partial charge in [0.2, 0.25) is 0 Å². The Labute approximate surface area is 232 Å². The van der Waals surface area contributed by atoms with Gasteiger partial charge in [-0.1, -0.05) is 126 Å². The first kappa shape index (κ1) is 32.2. The van der Waals surface area contributed by atoms with Crippen LogP contribution in [0.4, 0.5) is 0 Å². The molecule has 0 radical (unpaired) electrons. The van der Waals surface area contributed by atoms with Crippen LogP contribution in [-0.2, 0) is 0 Å². The summed E-state index contributed by atoms with van der Waals surface area (Å²) in [7, 11) is 0. The quantitative estimate of drug-likeness (QED) is 0.127. The van der Waals surface area contributed by atoms with Crippen molar-refractivity contribution in [3.05, 3.63) is 48.5 Å². The molecule has 0 amide bonds. The predicted octanol–water partition coefficient (Wildman–Crippen LogP) is 9.12. The molecule has 0 aliphatic carbocycles. The molecule has 0 aliphatic rings. The normalized spacial score (nSPS) is 11.1. The Balaban J connectivity index is 1.67. The Morgan fingerprint density at radius 2 is 0.658 bits per heavy atom. The fourth-order valence-electron chi connectivity index (χ4n) is 4.90. The first-order chi connectivity index (χ1) is 18.9. The summed E-state index contributed by atoms with van der Waals surface area (Å²) in [6.45, 7) is 2.16. The molecule has 4 heteroatoms.